The van der Waals surface area contributed by atoms with E-state index in [9.17, 15) is 4.79 Å². The molecule has 2 N–H and O–H groups in total. The Labute approximate surface area is 109 Å². The van der Waals surface area contributed by atoms with Crippen molar-refractivity contribution in [3.63, 3.8) is 0 Å². The van der Waals surface area contributed by atoms with Crippen LogP contribution in [0.2, 0.25) is 0 Å². The van der Waals surface area contributed by atoms with E-state index in [2.05, 4.69) is 30.1 Å². The van der Waals surface area contributed by atoms with Crippen LogP contribution in [-0.4, -0.2) is 35.1 Å². The fourth-order valence-corrected chi connectivity index (χ4v) is 1.78. The van der Waals surface area contributed by atoms with Gasteiger partial charge in [0.05, 0.1) is 0 Å². The van der Waals surface area contributed by atoms with Crippen molar-refractivity contribution in [2.45, 2.75) is 33.4 Å². The van der Waals surface area contributed by atoms with Crippen LogP contribution < -0.4 is 5.32 Å². The standard InChI is InChI=1S/C14H22N2O2/c1-4-16(5-2)10-12-7-6-8-13(9-12)15-11(3)14(17)18/h6-9,11,15H,4-5,10H2,1-3H3,(H,17,18). The molecule has 0 saturated carbocycles. The fraction of sp³-hybridized carbons (Fsp3) is 0.500. The number of carbonyl (C=O) groups is 1. The molecule has 4 nitrogen and oxygen atoms in total. The van der Waals surface area contributed by atoms with Gasteiger partial charge in [0.25, 0.3) is 0 Å². The number of carboxylic acid groups (broad SMARTS) is 1. The largest absolute Gasteiger partial charge is 0.480 e. The van der Waals surface area contributed by atoms with Crippen molar-refractivity contribution in [1.29, 1.82) is 0 Å². The SMILES string of the molecule is CCN(CC)Cc1cccc(NC(C)C(=O)O)c1. The van der Waals surface area contributed by atoms with Gasteiger partial charge in [-0.2, -0.15) is 0 Å². The number of nitrogens with one attached hydrogen (secondary N) is 1. The van der Waals surface area contributed by atoms with Crippen LogP contribution in [0.4, 0.5) is 5.69 Å². The Bertz CT molecular complexity index is 389. The molecule has 0 spiro atoms. The van der Waals surface area contributed by atoms with Gasteiger partial charge in [0, 0.05) is 12.2 Å². The second-order valence-corrected chi connectivity index (χ2v) is 4.37. The Morgan fingerprint density at radius 2 is 2.06 bits per heavy atom. The van der Waals surface area contributed by atoms with E-state index < -0.39 is 12.0 Å². The number of hydrogen-bond acceptors (Lipinski definition) is 3. The number of nitrogens with zero attached hydrogens (tertiary/aromatic N) is 1. The van der Waals surface area contributed by atoms with E-state index in [1.165, 1.54) is 5.56 Å². The Morgan fingerprint density at radius 1 is 1.39 bits per heavy atom. The van der Waals surface area contributed by atoms with Gasteiger partial charge in [0.15, 0.2) is 0 Å². The molecule has 4 heteroatoms. The lowest BCUT2D eigenvalue weighted by Crippen LogP contribution is -2.25. The van der Waals surface area contributed by atoms with Crippen LogP contribution in [0.1, 0.15) is 26.3 Å². The van der Waals surface area contributed by atoms with Crippen LogP contribution in [0.25, 0.3) is 0 Å². The zero-order chi connectivity index (χ0) is 13.5. The van der Waals surface area contributed by atoms with E-state index >= 15 is 0 Å². The van der Waals surface area contributed by atoms with Crippen molar-refractivity contribution in [2.24, 2.45) is 0 Å². The smallest absolute Gasteiger partial charge is 0.325 e. The number of aliphatic carboxylic acids is 1. The first-order valence-electron chi connectivity index (χ1n) is 6.37. The Balaban J connectivity index is 2.70. The van der Waals surface area contributed by atoms with E-state index in [0.29, 0.717) is 0 Å². The Hall–Kier alpha value is -1.55. The lowest BCUT2D eigenvalue weighted by Gasteiger charge is -2.19. The van der Waals surface area contributed by atoms with Gasteiger partial charge in [-0.3, -0.25) is 9.69 Å². The molecule has 0 aromatic heterocycles. The summed E-state index contributed by atoms with van der Waals surface area (Å²) in [7, 11) is 0. The van der Waals surface area contributed by atoms with Crippen molar-refractivity contribution in [1.82, 2.24) is 4.90 Å². The average Bonchev–Trinajstić information content (AvgIpc) is 2.36. The van der Waals surface area contributed by atoms with E-state index in [1.807, 2.05) is 18.2 Å². The van der Waals surface area contributed by atoms with Crippen molar-refractivity contribution in [3.05, 3.63) is 29.8 Å². The van der Waals surface area contributed by atoms with Crippen LogP contribution in [0.3, 0.4) is 0 Å². The molecule has 0 radical (unpaired) electrons. The van der Waals surface area contributed by atoms with Crippen LogP contribution in [0.5, 0.6) is 0 Å². The summed E-state index contributed by atoms with van der Waals surface area (Å²) < 4.78 is 0. The molecule has 1 rings (SSSR count). The van der Waals surface area contributed by atoms with Gasteiger partial charge in [-0.1, -0.05) is 26.0 Å². The minimum Gasteiger partial charge on any atom is -0.480 e. The third kappa shape index (κ3) is 4.37. The van der Waals surface area contributed by atoms with Crippen molar-refractivity contribution >= 4 is 11.7 Å². The lowest BCUT2D eigenvalue weighted by atomic mass is 10.1. The normalized spacial score (nSPS) is 12.4. The molecule has 0 aliphatic rings. The summed E-state index contributed by atoms with van der Waals surface area (Å²) in [5, 5.41) is 11.8. The highest BCUT2D eigenvalue weighted by Gasteiger charge is 2.10. The van der Waals surface area contributed by atoms with Crippen molar-refractivity contribution < 1.29 is 9.90 Å². The molecular weight excluding hydrogens is 228 g/mol. The highest BCUT2D eigenvalue weighted by Crippen LogP contribution is 2.13. The maximum absolute atomic E-state index is 10.8. The second kappa shape index (κ2) is 7.01. The molecule has 0 amide bonds. The first kappa shape index (κ1) is 14.5. The first-order chi connectivity index (χ1) is 8.56. The highest BCUT2D eigenvalue weighted by atomic mass is 16.4. The van der Waals surface area contributed by atoms with Crippen LogP contribution in [-0.2, 0) is 11.3 Å². The van der Waals surface area contributed by atoms with E-state index in [-0.39, 0.29) is 0 Å². The van der Waals surface area contributed by atoms with Crippen molar-refractivity contribution in [2.75, 3.05) is 18.4 Å². The van der Waals surface area contributed by atoms with Gasteiger partial charge < -0.3 is 10.4 Å². The highest BCUT2D eigenvalue weighted by molar-refractivity contribution is 5.76. The van der Waals surface area contributed by atoms with Gasteiger partial charge in [-0.15, -0.1) is 0 Å². The zero-order valence-electron chi connectivity index (χ0n) is 11.3. The Morgan fingerprint density at radius 3 is 2.61 bits per heavy atom. The van der Waals surface area contributed by atoms with Crippen molar-refractivity contribution in [3.8, 4) is 0 Å². The summed E-state index contributed by atoms with van der Waals surface area (Å²) in [6, 6.07) is 7.35. The molecule has 1 unspecified atom stereocenters. The van der Waals surface area contributed by atoms with Gasteiger partial charge in [0.2, 0.25) is 0 Å². The quantitative estimate of drug-likeness (QED) is 0.780. The monoisotopic (exact) mass is 250 g/mol. The third-order valence-corrected chi connectivity index (χ3v) is 2.98. The molecule has 0 aliphatic carbocycles. The number of rotatable bonds is 7. The van der Waals surface area contributed by atoms with Crippen LogP contribution >= 0.6 is 0 Å². The maximum atomic E-state index is 10.8. The summed E-state index contributed by atoms with van der Waals surface area (Å²) in [5.41, 5.74) is 2.05. The zero-order valence-corrected chi connectivity index (χ0v) is 11.3. The minimum atomic E-state index is -0.843. The van der Waals surface area contributed by atoms with E-state index in [0.717, 1.165) is 25.3 Å². The molecule has 18 heavy (non-hydrogen) atoms. The predicted octanol–water partition coefficient (Wildman–Crippen LogP) is 2.41. The molecule has 0 aliphatic heterocycles. The summed E-state index contributed by atoms with van der Waals surface area (Å²) in [6.07, 6.45) is 0. The second-order valence-electron chi connectivity index (χ2n) is 4.37. The third-order valence-electron chi connectivity index (χ3n) is 2.98. The predicted molar refractivity (Wildman–Crippen MR) is 73.8 cm³/mol. The van der Waals surface area contributed by atoms with Gasteiger partial charge in [0.1, 0.15) is 6.04 Å². The van der Waals surface area contributed by atoms with E-state index in [1.54, 1.807) is 6.92 Å². The number of benzene rings is 1. The molecule has 0 bridgehead atoms. The summed E-state index contributed by atoms with van der Waals surface area (Å²) in [6.45, 7) is 8.83. The average molecular weight is 250 g/mol. The molecule has 1 aromatic rings. The van der Waals surface area contributed by atoms with Crippen LogP contribution in [0, 0.1) is 0 Å². The molecular formula is C14H22N2O2. The molecule has 1 aromatic carbocycles. The summed E-state index contributed by atoms with van der Waals surface area (Å²) in [5.74, 6) is -0.843. The number of carboxylic acids is 1. The number of hydrogen-bond donors (Lipinski definition) is 2. The topological polar surface area (TPSA) is 52.6 Å². The van der Waals surface area contributed by atoms with Gasteiger partial charge in [-0.25, -0.2) is 0 Å². The fourth-order valence-electron chi connectivity index (χ4n) is 1.78. The Kier molecular flexibility index (Phi) is 5.65. The summed E-state index contributed by atoms with van der Waals surface area (Å²) >= 11 is 0. The van der Waals surface area contributed by atoms with Gasteiger partial charge in [-0.05, 0) is 37.7 Å². The molecule has 100 valence electrons. The lowest BCUT2D eigenvalue weighted by molar-refractivity contribution is -0.137. The van der Waals surface area contributed by atoms with E-state index in [4.69, 9.17) is 5.11 Å². The molecule has 0 fully saturated rings. The molecule has 1 atom stereocenters. The minimum absolute atomic E-state index is 0.575. The summed E-state index contributed by atoms with van der Waals surface area (Å²) in [4.78, 5) is 13.1. The van der Waals surface area contributed by atoms with Crippen LogP contribution in [0.15, 0.2) is 24.3 Å². The van der Waals surface area contributed by atoms with Gasteiger partial charge >= 0.3 is 5.97 Å². The maximum Gasteiger partial charge on any atom is 0.325 e. The first-order valence-corrected chi connectivity index (χ1v) is 6.37. The number of anilines is 1. The molecule has 0 heterocycles. The molecule has 0 saturated heterocycles.